The molecule has 0 fully saturated rings. The number of nitrogens with one attached hydrogen (secondary N) is 1. The van der Waals surface area contributed by atoms with Gasteiger partial charge in [0.2, 0.25) is 0 Å². The number of benzene rings is 1. The Morgan fingerprint density at radius 1 is 1.29 bits per heavy atom. The van der Waals surface area contributed by atoms with Crippen LogP contribution in [0.4, 0.5) is 17.6 Å². The van der Waals surface area contributed by atoms with E-state index >= 15 is 0 Å². The molecule has 21 heavy (non-hydrogen) atoms. The molecule has 1 aromatic carbocycles. The van der Waals surface area contributed by atoms with E-state index in [-0.39, 0.29) is 5.56 Å². The van der Waals surface area contributed by atoms with Gasteiger partial charge in [-0.2, -0.15) is 13.2 Å². The number of rotatable bonds is 4. The van der Waals surface area contributed by atoms with E-state index in [2.05, 4.69) is 21.4 Å². The second kappa shape index (κ2) is 6.43. The Labute approximate surface area is 131 Å². The number of nitrogens with two attached hydrogens (primary N) is 1. The monoisotopic (exact) mass is 382 g/mol. The third-order valence-electron chi connectivity index (χ3n) is 2.98. The first kappa shape index (κ1) is 16.4. The molecule has 0 aliphatic heterocycles. The molecule has 1 heterocycles. The lowest BCUT2D eigenvalue weighted by Gasteiger charge is -2.18. The minimum atomic E-state index is -4.73. The van der Waals surface area contributed by atoms with E-state index in [0.717, 1.165) is 21.5 Å². The summed E-state index contributed by atoms with van der Waals surface area (Å²) in [6, 6.07) is 4.21. The first-order valence-electron chi connectivity index (χ1n) is 5.87. The standard InChI is InChI=1S/C13H11BrF4N2S/c14-9-3-4-21-12(9)6-11(20-19)7-1-2-10(15)8(5-7)13(16,17)18/h1-5,11,20H,6,19H2. The topological polar surface area (TPSA) is 38.0 Å². The zero-order valence-corrected chi connectivity index (χ0v) is 12.9. The first-order chi connectivity index (χ1) is 9.82. The lowest BCUT2D eigenvalue weighted by molar-refractivity contribution is -0.140. The minimum Gasteiger partial charge on any atom is -0.271 e. The molecule has 0 aliphatic rings. The number of alkyl halides is 3. The van der Waals surface area contributed by atoms with Gasteiger partial charge in [0.05, 0.1) is 11.6 Å². The van der Waals surface area contributed by atoms with Gasteiger partial charge in [0.15, 0.2) is 0 Å². The summed E-state index contributed by atoms with van der Waals surface area (Å²) < 4.78 is 52.4. The van der Waals surface area contributed by atoms with Crippen LogP contribution < -0.4 is 11.3 Å². The van der Waals surface area contributed by atoms with Gasteiger partial charge in [-0.1, -0.05) is 6.07 Å². The van der Waals surface area contributed by atoms with Crippen molar-refractivity contribution in [1.29, 1.82) is 0 Å². The van der Waals surface area contributed by atoms with Gasteiger partial charge in [-0.3, -0.25) is 11.3 Å². The highest BCUT2D eigenvalue weighted by atomic mass is 79.9. The summed E-state index contributed by atoms with van der Waals surface area (Å²) in [5.41, 5.74) is 1.48. The van der Waals surface area contributed by atoms with Crippen molar-refractivity contribution in [2.75, 3.05) is 0 Å². The van der Waals surface area contributed by atoms with Crippen molar-refractivity contribution in [3.05, 3.63) is 55.9 Å². The Morgan fingerprint density at radius 3 is 2.52 bits per heavy atom. The van der Waals surface area contributed by atoms with E-state index in [0.29, 0.717) is 6.42 Å². The van der Waals surface area contributed by atoms with Crippen LogP contribution in [-0.4, -0.2) is 0 Å². The molecule has 0 radical (unpaired) electrons. The Morgan fingerprint density at radius 2 is 2.00 bits per heavy atom. The van der Waals surface area contributed by atoms with Gasteiger partial charge in [-0.25, -0.2) is 4.39 Å². The van der Waals surface area contributed by atoms with Crippen molar-refractivity contribution in [1.82, 2.24) is 5.43 Å². The highest BCUT2D eigenvalue weighted by molar-refractivity contribution is 9.10. The van der Waals surface area contributed by atoms with Crippen molar-refractivity contribution in [2.24, 2.45) is 5.84 Å². The Kier molecular flexibility index (Phi) is 5.03. The van der Waals surface area contributed by atoms with Crippen molar-refractivity contribution in [2.45, 2.75) is 18.6 Å². The summed E-state index contributed by atoms with van der Waals surface area (Å²) in [5, 5.41) is 1.86. The second-order valence-corrected chi connectivity index (χ2v) is 6.21. The van der Waals surface area contributed by atoms with Crippen LogP contribution in [0.2, 0.25) is 0 Å². The number of hydrogen-bond donors (Lipinski definition) is 2. The maximum Gasteiger partial charge on any atom is 0.419 e. The molecule has 8 heteroatoms. The van der Waals surface area contributed by atoms with Gasteiger partial charge in [0, 0.05) is 15.8 Å². The van der Waals surface area contributed by atoms with E-state index in [4.69, 9.17) is 5.84 Å². The maximum absolute atomic E-state index is 13.3. The van der Waals surface area contributed by atoms with Crippen LogP contribution in [-0.2, 0) is 12.6 Å². The predicted molar refractivity (Wildman–Crippen MR) is 77.2 cm³/mol. The number of halogens is 5. The van der Waals surface area contributed by atoms with Gasteiger partial charge >= 0.3 is 6.18 Å². The van der Waals surface area contributed by atoms with Gasteiger partial charge in [-0.05, 0) is 45.1 Å². The molecular weight excluding hydrogens is 372 g/mol. The summed E-state index contributed by atoms with van der Waals surface area (Å²) in [7, 11) is 0. The fourth-order valence-corrected chi connectivity index (χ4v) is 3.47. The van der Waals surface area contributed by atoms with E-state index in [9.17, 15) is 17.6 Å². The molecule has 3 N–H and O–H groups in total. The van der Waals surface area contributed by atoms with Gasteiger partial charge < -0.3 is 0 Å². The van der Waals surface area contributed by atoms with E-state index in [1.807, 2.05) is 11.4 Å². The molecule has 0 amide bonds. The summed E-state index contributed by atoms with van der Waals surface area (Å²) >= 11 is 4.82. The minimum absolute atomic E-state index is 0.284. The Balaban J connectivity index is 2.33. The van der Waals surface area contributed by atoms with Gasteiger partial charge in [0.1, 0.15) is 5.82 Å². The number of hydrogen-bond acceptors (Lipinski definition) is 3. The quantitative estimate of drug-likeness (QED) is 0.466. The zero-order valence-electron chi connectivity index (χ0n) is 10.5. The highest BCUT2D eigenvalue weighted by Crippen LogP contribution is 2.34. The molecule has 0 aliphatic carbocycles. The van der Waals surface area contributed by atoms with Crippen LogP contribution in [0.15, 0.2) is 34.1 Å². The molecule has 2 aromatic rings. The summed E-state index contributed by atoms with van der Waals surface area (Å²) in [6.45, 7) is 0. The van der Waals surface area contributed by atoms with Crippen LogP contribution in [0, 0.1) is 5.82 Å². The molecule has 114 valence electrons. The summed E-state index contributed by atoms with van der Waals surface area (Å²) in [5.74, 6) is 4.14. The van der Waals surface area contributed by atoms with Gasteiger partial charge in [-0.15, -0.1) is 11.3 Å². The van der Waals surface area contributed by atoms with Crippen LogP contribution in [0.3, 0.4) is 0 Å². The van der Waals surface area contributed by atoms with Crippen LogP contribution >= 0.6 is 27.3 Å². The van der Waals surface area contributed by atoms with E-state index < -0.39 is 23.6 Å². The maximum atomic E-state index is 13.3. The normalized spacial score (nSPS) is 13.4. The third-order valence-corrected chi connectivity index (χ3v) is 4.93. The lowest BCUT2D eigenvalue weighted by Crippen LogP contribution is -2.29. The van der Waals surface area contributed by atoms with E-state index in [1.165, 1.54) is 17.4 Å². The Bertz CT molecular complexity index is 627. The molecule has 0 spiro atoms. The summed E-state index contributed by atoms with van der Waals surface area (Å²) in [6.07, 6.45) is -4.33. The van der Waals surface area contributed by atoms with Crippen LogP contribution in [0.5, 0.6) is 0 Å². The van der Waals surface area contributed by atoms with Gasteiger partial charge in [0.25, 0.3) is 0 Å². The van der Waals surface area contributed by atoms with Crippen molar-refractivity contribution in [3.63, 3.8) is 0 Å². The average molecular weight is 383 g/mol. The molecule has 0 bridgehead atoms. The first-order valence-corrected chi connectivity index (χ1v) is 7.55. The van der Waals surface area contributed by atoms with Crippen molar-refractivity contribution < 1.29 is 17.6 Å². The zero-order chi connectivity index (χ0) is 15.6. The summed E-state index contributed by atoms with van der Waals surface area (Å²) in [4.78, 5) is 0.941. The molecule has 0 saturated carbocycles. The SMILES string of the molecule is NNC(Cc1sccc1Br)c1ccc(F)c(C(F)(F)F)c1. The highest BCUT2D eigenvalue weighted by Gasteiger charge is 2.34. The molecule has 2 nitrogen and oxygen atoms in total. The molecule has 2 rings (SSSR count). The molecule has 0 saturated heterocycles. The molecular formula is C13H11BrF4N2S. The average Bonchev–Trinajstić information content (AvgIpc) is 2.81. The largest absolute Gasteiger partial charge is 0.419 e. The van der Waals surface area contributed by atoms with Crippen LogP contribution in [0.1, 0.15) is 22.0 Å². The van der Waals surface area contributed by atoms with Crippen molar-refractivity contribution >= 4 is 27.3 Å². The third kappa shape index (κ3) is 3.82. The van der Waals surface area contributed by atoms with E-state index in [1.54, 1.807) is 0 Å². The molecule has 1 aromatic heterocycles. The Hall–Kier alpha value is -0.960. The predicted octanol–water partition coefficient (Wildman–Crippen LogP) is 4.42. The fraction of sp³-hybridized carbons (Fsp3) is 0.231. The second-order valence-electron chi connectivity index (χ2n) is 4.35. The smallest absolute Gasteiger partial charge is 0.271 e. The fourth-order valence-electron chi connectivity index (χ4n) is 1.91. The lowest BCUT2D eigenvalue weighted by atomic mass is 10.0. The molecule has 1 atom stereocenters. The van der Waals surface area contributed by atoms with Crippen molar-refractivity contribution in [3.8, 4) is 0 Å². The number of thiophene rings is 1. The molecule has 1 unspecified atom stereocenters. The van der Waals surface area contributed by atoms with Crippen LogP contribution in [0.25, 0.3) is 0 Å². The number of hydrazine groups is 1.